The van der Waals surface area contributed by atoms with E-state index in [9.17, 15) is 4.79 Å². The van der Waals surface area contributed by atoms with E-state index in [0.29, 0.717) is 28.7 Å². The molecule has 0 aliphatic rings. The van der Waals surface area contributed by atoms with Crippen molar-refractivity contribution in [2.24, 2.45) is 0 Å². The highest BCUT2D eigenvalue weighted by molar-refractivity contribution is 6.30. The minimum Gasteiger partial charge on any atom is -0.490 e. The zero-order valence-corrected chi connectivity index (χ0v) is 21.0. The maximum Gasteiger partial charge on any atom is 0.351 e. The smallest absolute Gasteiger partial charge is 0.351 e. The molecule has 0 saturated carbocycles. The third-order valence-corrected chi connectivity index (χ3v) is 5.46. The van der Waals surface area contributed by atoms with Gasteiger partial charge in [-0.1, -0.05) is 56.6 Å². The fourth-order valence-electron chi connectivity index (χ4n) is 3.26. The molecule has 3 aromatic carbocycles. The Labute approximate surface area is 206 Å². The highest BCUT2D eigenvalue weighted by Gasteiger charge is 2.24. The fourth-order valence-corrected chi connectivity index (χ4v) is 3.39. The van der Waals surface area contributed by atoms with Crippen molar-refractivity contribution in [3.05, 3.63) is 88.9 Å². The molecular weight excluding hydrogens is 452 g/mol. The monoisotopic (exact) mass is 482 g/mol. The van der Waals surface area contributed by atoms with Crippen molar-refractivity contribution in [1.82, 2.24) is 0 Å². The van der Waals surface area contributed by atoms with Crippen LogP contribution in [-0.2, 0) is 14.9 Å². The molecule has 0 fully saturated rings. The van der Waals surface area contributed by atoms with E-state index in [0.717, 1.165) is 5.75 Å². The first-order valence-electron chi connectivity index (χ1n) is 11.2. The van der Waals surface area contributed by atoms with E-state index in [1.807, 2.05) is 43.3 Å². The largest absolute Gasteiger partial charge is 0.490 e. The van der Waals surface area contributed by atoms with Crippen LogP contribution in [-0.4, -0.2) is 25.8 Å². The molecule has 5 nitrogen and oxygen atoms in total. The molecule has 34 heavy (non-hydrogen) atoms. The van der Waals surface area contributed by atoms with Gasteiger partial charge in [0.2, 0.25) is 6.10 Å². The minimum atomic E-state index is -0.883. The standard InChI is InChI=1S/C28H31ClO5/c1-19(33-24-16-10-22(29)11-17-24)18-32-23-12-6-20(7-13-23)26(27(30)31-5)34-25-14-8-21(9-15-25)28(2,3)4/h6-17,19,26H,18H2,1-5H3. The summed E-state index contributed by atoms with van der Waals surface area (Å²) in [6.07, 6.45) is -1.05. The third kappa shape index (κ3) is 7.16. The summed E-state index contributed by atoms with van der Waals surface area (Å²) < 4.78 is 22.6. The Morgan fingerprint density at radius 1 is 0.824 bits per heavy atom. The second-order valence-electron chi connectivity index (χ2n) is 9.06. The Morgan fingerprint density at radius 3 is 1.91 bits per heavy atom. The molecule has 0 aromatic heterocycles. The summed E-state index contributed by atoms with van der Waals surface area (Å²) in [5, 5.41) is 0.660. The lowest BCUT2D eigenvalue weighted by Gasteiger charge is -2.21. The van der Waals surface area contributed by atoms with Crippen LogP contribution in [0.5, 0.6) is 17.2 Å². The molecule has 6 heteroatoms. The Hall–Kier alpha value is -3.18. The van der Waals surface area contributed by atoms with Crippen LogP contribution in [0.3, 0.4) is 0 Å². The maximum atomic E-state index is 12.4. The molecule has 0 saturated heterocycles. The van der Waals surface area contributed by atoms with Gasteiger partial charge < -0.3 is 18.9 Å². The van der Waals surface area contributed by atoms with Crippen LogP contribution in [0.2, 0.25) is 5.02 Å². The van der Waals surface area contributed by atoms with Gasteiger partial charge >= 0.3 is 5.97 Å². The van der Waals surface area contributed by atoms with Gasteiger partial charge in [0.25, 0.3) is 0 Å². The van der Waals surface area contributed by atoms with Crippen LogP contribution in [0, 0.1) is 0 Å². The number of carbonyl (C=O) groups is 1. The molecule has 2 unspecified atom stereocenters. The lowest BCUT2D eigenvalue weighted by Crippen LogP contribution is -2.21. The summed E-state index contributed by atoms with van der Waals surface area (Å²) in [6.45, 7) is 8.73. The highest BCUT2D eigenvalue weighted by atomic mass is 35.5. The minimum absolute atomic E-state index is 0.0352. The number of methoxy groups -OCH3 is 1. The molecule has 180 valence electrons. The summed E-state index contributed by atoms with van der Waals surface area (Å²) in [7, 11) is 1.35. The zero-order chi connectivity index (χ0) is 24.7. The lowest BCUT2D eigenvalue weighted by molar-refractivity contribution is -0.149. The Balaban J connectivity index is 1.62. The van der Waals surface area contributed by atoms with Crippen LogP contribution in [0.1, 0.15) is 44.9 Å². The molecular formula is C28H31ClO5. The van der Waals surface area contributed by atoms with Crippen molar-refractivity contribution in [2.45, 2.75) is 45.3 Å². The third-order valence-electron chi connectivity index (χ3n) is 5.21. The summed E-state index contributed by atoms with van der Waals surface area (Å²) in [5.74, 6) is 1.51. The summed E-state index contributed by atoms with van der Waals surface area (Å²) >= 11 is 5.90. The summed E-state index contributed by atoms with van der Waals surface area (Å²) in [6, 6.07) is 22.1. The molecule has 0 amide bonds. The van der Waals surface area contributed by atoms with Crippen LogP contribution < -0.4 is 14.2 Å². The zero-order valence-electron chi connectivity index (χ0n) is 20.2. The molecule has 3 rings (SSSR count). The number of hydrogen-bond acceptors (Lipinski definition) is 5. The second-order valence-corrected chi connectivity index (χ2v) is 9.49. The Bertz CT molecular complexity index is 1050. The molecule has 0 bridgehead atoms. The van der Waals surface area contributed by atoms with E-state index in [-0.39, 0.29) is 11.5 Å². The number of benzene rings is 3. The van der Waals surface area contributed by atoms with Gasteiger partial charge in [-0.05, 0) is 66.4 Å². The first-order chi connectivity index (χ1) is 16.2. The fraction of sp³-hybridized carbons (Fsp3) is 0.321. The molecule has 0 N–H and O–H groups in total. The van der Waals surface area contributed by atoms with E-state index >= 15 is 0 Å². The van der Waals surface area contributed by atoms with Crippen LogP contribution in [0.15, 0.2) is 72.8 Å². The van der Waals surface area contributed by atoms with E-state index in [2.05, 4.69) is 20.8 Å². The average Bonchev–Trinajstić information content (AvgIpc) is 2.82. The van der Waals surface area contributed by atoms with Gasteiger partial charge in [-0.2, -0.15) is 0 Å². The number of hydrogen-bond donors (Lipinski definition) is 0. The first kappa shape index (κ1) is 25.4. The predicted octanol–water partition coefficient (Wildman–Crippen LogP) is 6.78. The number of halogens is 1. The van der Waals surface area contributed by atoms with Crippen LogP contribution in [0.25, 0.3) is 0 Å². The Kier molecular flexibility index (Phi) is 8.46. The normalized spacial score (nSPS) is 13.0. The van der Waals surface area contributed by atoms with E-state index in [1.54, 1.807) is 36.4 Å². The summed E-state index contributed by atoms with van der Waals surface area (Å²) in [5.41, 5.74) is 1.89. The average molecular weight is 483 g/mol. The molecule has 3 aromatic rings. The Morgan fingerprint density at radius 2 is 1.35 bits per heavy atom. The number of esters is 1. The van der Waals surface area contributed by atoms with Gasteiger partial charge in [-0.3, -0.25) is 0 Å². The van der Waals surface area contributed by atoms with Crippen LogP contribution in [0.4, 0.5) is 0 Å². The van der Waals surface area contributed by atoms with E-state index in [4.69, 9.17) is 30.5 Å². The SMILES string of the molecule is COC(=O)C(Oc1ccc(C(C)(C)C)cc1)c1ccc(OCC(C)Oc2ccc(Cl)cc2)cc1. The highest BCUT2D eigenvalue weighted by Crippen LogP contribution is 2.28. The second kappa shape index (κ2) is 11.3. The van der Waals surface area contributed by atoms with Crippen LogP contribution >= 0.6 is 11.6 Å². The van der Waals surface area contributed by atoms with Gasteiger partial charge in [-0.25, -0.2) is 4.79 Å². The van der Waals surface area contributed by atoms with E-state index < -0.39 is 12.1 Å². The molecule has 0 spiro atoms. The summed E-state index contributed by atoms with van der Waals surface area (Å²) in [4.78, 5) is 12.4. The molecule has 0 radical (unpaired) electrons. The molecule has 0 aliphatic heterocycles. The van der Waals surface area contributed by atoms with Crippen molar-refractivity contribution >= 4 is 17.6 Å². The maximum absolute atomic E-state index is 12.4. The number of ether oxygens (including phenoxy) is 4. The van der Waals surface area contributed by atoms with Gasteiger partial charge in [0.1, 0.15) is 30.0 Å². The van der Waals surface area contributed by atoms with Crippen molar-refractivity contribution in [3.63, 3.8) is 0 Å². The number of rotatable bonds is 9. The van der Waals surface area contributed by atoms with Crippen molar-refractivity contribution in [3.8, 4) is 17.2 Å². The van der Waals surface area contributed by atoms with Gasteiger partial charge in [0.15, 0.2) is 0 Å². The van der Waals surface area contributed by atoms with Crippen molar-refractivity contribution in [2.75, 3.05) is 13.7 Å². The van der Waals surface area contributed by atoms with Crippen molar-refractivity contribution in [1.29, 1.82) is 0 Å². The molecule has 0 heterocycles. The quantitative estimate of drug-likeness (QED) is 0.315. The first-order valence-corrected chi connectivity index (χ1v) is 11.5. The number of carbonyl (C=O) groups excluding carboxylic acids is 1. The molecule has 2 atom stereocenters. The van der Waals surface area contributed by atoms with Gasteiger partial charge in [0, 0.05) is 10.6 Å². The van der Waals surface area contributed by atoms with E-state index in [1.165, 1.54) is 12.7 Å². The van der Waals surface area contributed by atoms with Gasteiger partial charge in [0.05, 0.1) is 7.11 Å². The van der Waals surface area contributed by atoms with Crippen molar-refractivity contribution < 1.29 is 23.7 Å². The van der Waals surface area contributed by atoms with Gasteiger partial charge in [-0.15, -0.1) is 0 Å². The predicted molar refractivity (Wildman–Crippen MR) is 134 cm³/mol. The lowest BCUT2D eigenvalue weighted by atomic mass is 9.87. The topological polar surface area (TPSA) is 54.0 Å². The molecule has 0 aliphatic carbocycles.